The van der Waals surface area contributed by atoms with E-state index in [1.165, 1.54) is 23.9 Å². The van der Waals surface area contributed by atoms with Crippen molar-refractivity contribution in [1.29, 1.82) is 0 Å². The second-order valence-corrected chi connectivity index (χ2v) is 9.60. The summed E-state index contributed by atoms with van der Waals surface area (Å²) in [4.78, 5) is 17.5. The molecule has 0 amide bonds. The van der Waals surface area contributed by atoms with Crippen molar-refractivity contribution in [3.05, 3.63) is 63.9 Å². The lowest BCUT2D eigenvalue weighted by molar-refractivity contribution is 0.584. The highest BCUT2D eigenvalue weighted by molar-refractivity contribution is 8.00. The number of sulfone groups is 1. The van der Waals surface area contributed by atoms with E-state index >= 15 is 0 Å². The molecular formula is C19H19ClN2O3S2. The Hall–Kier alpha value is -1.83. The van der Waals surface area contributed by atoms with Gasteiger partial charge in [-0.1, -0.05) is 42.4 Å². The van der Waals surface area contributed by atoms with E-state index in [-0.39, 0.29) is 16.2 Å². The number of para-hydroxylation sites is 1. The van der Waals surface area contributed by atoms with E-state index in [1.54, 1.807) is 28.8 Å². The predicted molar refractivity (Wildman–Crippen MR) is 111 cm³/mol. The van der Waals surface area contributed by atoms with Gasteiger partial charge >= 0.3 is 0 Å². The van der Waals surface area contributed by atoms with E-state index in [0.717, 1.165) is 6.42 Å². The van der Waals surface area contributed by atoms with Gasteiger partial charge in [-0.3, -0.25) is 9.36 Å². The van der Waals surface area contributed by atoms with Crippen molar-refractivity contribution in [3.63, 3.8) is 0 Å². The SMILES string of the molecule is CCCn1c(SCCS(=O)(=O)c2ccc(Cl)cc2)nc2ccccc2c1=O. The molecule has 0 aliphatic heterocycles. The van der Waals surface area contributed by atoms with Gasteiger partial charge < -0.3 is 0 Å². The van der Waals surface area contributed by atoms with Crippen LogP contribution in [-0.4, -0.2) is 29.5 Å². The molecule has 0 spiro atoms. The highest BCUT2D eigenvalue weighted by Gasteiger charge is 2.16. The fourth-order valence-corrected chi connectivity index (χ4v) is 5.48. The Balaban J connectivity index is 1.83. The van der Waals surface area contributed by atoms with Crippen molar-refractivity contribution in [2.45, 2.75) is 29.9 Å². The molecule has 0 saturated heterocycles. The molecule has 0 fully saturated rings. The standard InChI is InChI=1S/C19H19ClN2O3S2/c1-2-11-22-18(23)16-5-3-4-6-17(16)21-19(22)26-12-13-27(24,25)15-9-7-14(20)8-10-15/h3-10H,2,11-13H2,1H3. The minimum Gasteiger partial charge on any atom is -0.287 e. The normalized spacial score (nSPS) is 11.8. The molecule has 1 aromatic heterocycles. The number of rotatable bonds is 7. The maximum atomic E-state index is 12.7. The van der Waals surface area contributed by atoms with Crippen molar-refractivity contribution in [1.82, 2.24) is 9.55 Å². The summed E-state index contributed by atoms with van der Waals surface area (Å²) in [6.45, 7) is 2.53. The largest absolute Gasteiger partial charge is 0.287 e. The highest BCUT2D eigenvalue weighted by Crippen LogP contribution is 2.21. The number of fused-ring (bicyclic) bond motifs is 1. The molecule has 0 atom stereocenters. The van der Waals surface area contributed by atoms with Crippen molar-refractivity contribution in [3.8, 4) is 0 Å². The fourth-order valence-electron chi connectivity index (χ4n) is 2.68. The third-order valence-corrected chi connectivity index (χ3v) is 7.25. The van der Waals surface area contributed by atoms with Gasteiger partial charge in [-0.25, -0.2) is 13.4 Å². The first-order valence-electron chi connectivity index (χ1n) is 8.53. The van der Waals surface area contributed by atoms with Gasteiger partial charge in [0.1, 0.15) is 0 Å². The van der Waals surface area contributed by atoms with E-state index in [1.807, 2.05) is 19.1 Å². The van der Waals surface area contributed by atoms with Gasteiger partial charge in [-0.2, -0.15) is 0 Å². The summed E-state index contributed by atoms with van der Waals surface area (Å²) in [5.41, 5.74) is 0.531. The lowest BCUT2D eigenvalue weighted by atomic mass is 10.2. The highest BCUT2D eigenvalue weighted by atomic mass is 35.5. The molecule has 0 unspecified atom stereocenters. The first kappa shape index (κ1) is 19.9. The van der Waals surface area contributed by atoms with Crippen LogP contribution < -0.4 is 5.56 Å². The minimum absolute atomic E-state index is 0.0475. The zero-order valence-electron chi connectivity index (χ0n) is 14.8. The zero-order valence-corrected chi connectivity index (χ0v) is 17.1. The summed E-state index contributed by atoms with van der Waals surface area (Å²) in [6, 6.07) is 13.3. The van der Waals surface area contributed by atoms with Gasteiger partial charge in [-0.05, 0) is 42.8 Å². The molecule has 0 radical (unpaired) electrons. The summed E-state index contributed by atoms with van der Waals surface area (Å²) < 4.78 is 26.6. The number of benzene rings is 2. The number of nitrogens with zero attached hydrogens (tertiary/aromatic N) is 2. The van der Waals surface area contributed by atoms with Crippen molar-refractivity contribution >= 4 is 44.1 Å². The molecular weight excluding hydrogens is 404 g/mol. The Morgan fingerprint density at radius 2 is 1.81 bits per heavy atom. The van der Waals surface area contributed by atoms with Crippen molar-refractivity contribution < 1.29 is 8.42 Å². The molecule has 3 aromatic rings. The van der Waals surface area contributed by atoms with Gasteiger partial charge in [0.15, 0.2) is 15.0 Å². The van der Waals surface area contributed by atoms with Crippen LogP contribution in [0.5, 0.6) is 0 Å². The number of halogens is 1. The Labute approximate surface area is 167 Å². The van der Waals surface area contributed by atoms with Crippen LogP contribution in [0.25, 0.3) is 10.9 Å². The van der Waals surface area contributed by atoms with Crippen LogP contribution in [0.15, 0.2) is 63.4 Å². The first-order chi connectivity index (χ1) is 12.9. The second kappa shape index (κ2) is 8.46. The van der Waals surface area contributed by atoms with Crippen LogP contribution in [0.3, 0.4) is 0 Å². The molecule has 0 aliphatic carbocycles. The Kier molecular flexibility index (Phi) is 6.24. The van der Waals surface area contributed by atoms with Crippen LogP contribution >= 0.6 is 23.4 Å². The third kappa shape index (κ3) is 4.54. The number of hydrogen-bond acceptors (Lipinski definition) is 5. The molecule has 1 heterocycles. The number of hydrogen-bond donors (Lipinski definition) is 0. The quantitative estimate of drug-likeness (QED) is 0.424. The van der Waals surface area contributed by atoms with Crippen LogP contribution in [0.4, 0.5) is 0 Å². The van der Waals surface area contributed by atoms with Gasteiger partial charge in [0.2, 0.25) is 0 Å². The van der Waals surface area contributed by atoms with E-state index in [9.17, 15) is 13.2 Å². The van der Waals surface area contributed by atoms with Gasteiger partial charge in [0.05, 0.1) is 21.6 Å². The third-order valence-electron chi connectivity index (χ3n) is 4.03. The van der Waals surface area contributed by atoms with Crippen LogP contribution in [0.2, 0.25) is 5.02 Å². The van der Waals surface area contributed by atoms with Gasteiger partial charge in [-0.15, -0.1) is 0 Å². The van der Waals surface area contributed by atoms with Crippen LogP contribution in [0.1, 0.15) is 13.3 Å². The van der Waals surface area contributed by atoms with Crippen LogP contribution in [0, 0.1) is 0 Å². The summed E-state index contributed by atoms with van der Waals surface area (Å²) in [5.74, 6) is 0.258. The molecule has 8 heteroatoms. The van der Waals surface area contributed by atoms with E-state index in [4.69, 9.17) is 11.6 Å². The Morgan fingerprint density at radius 1 is 1.11 bits per heavy atom. The van der Waals surface area contributed by atoms with E-state index < -0.39 is 9.84 Å². The second-order valence-electron chi connectivity index (χ2n) is 5.99. The Bertz CT molecular complexity index is 1110. The molecule has 0 aliphatic rings. The molecule has 142 valence electrons. The molecule has 3 rings (SSSR count). The lowest BCUT2D eigenvalue weighted by Crippen LogP contribution is -2.23. The smallest absolute Gasteiger partial charge is 0.262 e. The molecule has 2 aromatic carbocycles. The lowest BCUT2D eigenvalue weighted by Gasteiger charge is -2.12. The predicted octanol–water partition coefficient (Wildman–Crippen LogP) is 4.03. The molecule has 5 nitrogen and oxygen atoms in total. The first-order valence-corrected chi connectivity index (χ1v) is 11.5. The minimum atomic E-state index is -3.42. The number of thioether (sulfide) groups is 1. The maximum absolute atomic E-state index is 12.7. The summed E-state index contributed by atoms with van der Waals surface area (Å²) in [5, 5.41) is 1.61. The monoisotopic (exact) mass is 422 g/mol. The van der Waals surface area contributed by atoms with Crippen LogP contribution in [-0.2, 0) is 16.4 Å². The topological polar surface area (TPSA) is 69.0 Å². The molecule has 0 saturated carbocycles. The summed E-state index contributed by atoms with van der Waals surface area (Å²) in [7, 11) is -3.42. The summed E-state index contributed by atoms with van der Waals surface area (Å²) >= 11 is 7.10. The summed E-state index contributed by atoms with van der Waals surface area (Å²) in [6.07, 6.45) is 0.788. The average molecular weight is 423 g/mol. The molecule has 0 N–H and O–H groups in total. The average Bonchev–Trinajstić information content (AvgIpc) is 2.65. The molecule has 27 heavy (non-hydrogen) atoms. The van der Waals surface area contributed by atoms with Crippen molar-refractivity contribution in [2.75, 3.05) is 11.5 Å². The van der Waals surface area contributed by atoms with E-state index in [2.05, 4.69) is 4.98 Å². The van der Waals surface area contributed by atoms with Gasteiger partial charge in [0, 0.05) is 17.3 Å². The van der Waals surface area contributed by atoms with E-state index in [0.29, 0.717) is 33.4 Å². The van der Waals surface area contributed by atoms with Gasteiger partial charge in [0.25, 0.3) is 5.56 Å². The number of aromatic nitrogens is 2. The fraction of sp³-hybridized carbons (Fsp3) is 0.263. The maximum Gasteiger partial charge on any atom is 0.262 e. The molecule has 0 bridgehead atoms. The zero-order chi connectivity index (χ0) is 19.4. The van der Waals surface area contributed by atoms with Crippen molar-refractivity contribution in [2.24, 2.45) is 0 Å². The Morgan fingerprint density at radius 3 is 2.52 bits per heavy atom.